The van der Waals surface area contributed by atoms with E-state index in [0.717, 1.165) is 16.1 Å². The van der Waals surface area contributed by atoms with Crippen LogP contribution < -0.4 is 16.6 Å². The van der Waals surface area contributed by atoms with Crippen LogP contribution in [0.1, 0.15) is 51.2 Å². The Hall–Kier alpha value is -4.09. The van der Waals surface area contributed by atoms with Crippen LogP contribution in [0, 0.1) is 36.0 Å². The van der Waals surface area contributed by atoms with Gasteiger partial charge in [-0.05, 0) is 50.3 Å². The van der Waals surface area contributed by atoms with Crippen LogP contribution in [-0.2, 0) is 24.5 Å². The van der Waals surface area contributed by atoms with E-state index in [4.69, 9.17) is 15.5 Å². The fourth-order valence-corrected chi connectivity index (χ4v) is 4.45. The number of hydrogen-bond donors (Lipinski definition) is 5. The Kier molecular flexibility index (Phi) is 15.8. The van der Waals surface area contributed by atoms with Crippen LogP contribution in [0.15, 0.2) is 65.6 Å². The topological polar surface area (TPSA) is 203 Å². The van der Waals surface area contributed by atoms with Gasteiger partial charge in [0.1, 0.15) is 0 Å². The van der Waals surface area contributed by atoms with E-state index in [2.05, 4.69) is 5.43 Å². The Labute approximate surface area is 253 Å². The van der Waals surface area contributed by atoms with Crippen molar-refractivity contribution >= 4 is 33.9 Å². The Balaban J connectivity index is 0.000000699. The van der Waals surface area contributed by atoms with E-state index < -0.39 is 45.7 Å². The van der Waals surface area contributed by atoms with Crippen molar-refractivity contribution in [3.8, 4) is 6.07 Å². The lowest BCUT2D eigenvalue weighted by Crippen LogP contribution is -2.54. The number of allylic oxidation sites excluding steroid dienone is 1. The van der Waals surface area contributed by atoms with E-state index in [9.17, 15) is 28.0 Å². The molecular formula is C30H41N5O7S. The first-order valence-corrected chi connectivity index (χ1v) is 15.1. The van der Waals surface area contributed by atoms with Crippen molar-refractivity contribution in [3.05, 3.63) is 71.8 Å². The van der Waals surface area contributed by atoms with E-state index >= 15 is 0 Å². The Morgan fingerprint density at radius 3 is 2.12 bits per heavy atom. The van der Waals surface area contributed by atoms with Gasteiger partial charge in [-0.15, -0.1) is 0 Å². The number of aryl methyl sites for hydroxylation is 1. The molecule has 2 aromatic carbocycles. The van der Waals surface area contributed by atoms with Crippen LogP contribution >= 0.6 is 0 Å². The number of hydroxylamine groups is 1. The molecule has 0 spiro atoms. The van der Waals surface area contributed by atoms with Crippen LogP contribution in [0.25, 0.3) is 6.08 Å². The van der Waals surface area contributed by atoms with Crippen molar-refractivity contribution in [2.24, 2.45) is 23.5 Å². The van der Waals surface area contributed by atoms with E-state index in [1.165, 1.54) is 19.1 Å². The quantitative estimate of drug-likeness (QED) is 0.135. The van der Waals surface area contributed by atoms with Crippen molar-refractivity contribution in [2.75, 3.05) is 6.54 Å². The van der Waals surface area contributed by atoms with Gasteiger partial charge in [-0.1, -0.05) is 74.0 Å². The van der Waals surface area contributed by atoms with Crippen LogP contribution in [0.5, 0.6) is 0 Å². The van der Waals surface area contributed by atoms with E-state index in [1.807, 2.05) is 63.2 Å². The van der Waals surface area contributed by atoms with Crippen molar-refractivity contribution < 1.29 is 32.6 Å². The van der Waals surface area contributed by atoms with Crippen molar-refractivity contribution in [3.63, 3.8) is 0 Å². The predicted molar refractivity (Wildman–Crippen MR) is 161 cm³/mol. The molecule has 2 aromatic rings. The summed E-state index contributed by atoms with van der Waals surface area (Å²) in [5, 5.41) is 19.2. The zero-order valence-electron chi connectivity index (χ0n) is 24.8. The molecule has 3 atom stereocenters. The molecule has 0 bridgehead atoms. The normalized spacial score (nSPS) is 13.2. The standard InChI is InChI=1S/C23H33N5O4.C7H8O3S/c1-16(2)15-20(21(29)26-28(14-8-13-24)23(31)17(3)25)19(22(30)27-32)12-7-11-18-9-5-4-6-10-18;1-6-2-4-7(5-3-6)11(8,9)10/h4-7,9-11,16-17,19-20,32H,8,12,14-15,25H2,1-3H3,(H,26,29)(H,27,30);2-5H,1H3,(H,8,9,10)/b11-7+;/t17-,19+,20-;/m1./s1. The van der Waals surface area contributed by atoms with E-state index in [1.54, 1.807) is 23.7 Å². The molecule has 0 aromatic heterocycles. The summed E-state index contributed by atoms with van der Waals surface area (Å²) in [5.41, 5.74) is 11.7. The summed E-state index contributed by atoms with van der Waals surface area (Å²) in [6.45, 7) is 7.12. The molecule has 0 saturated heterocycles. The molecule has 0 saturated carbocycles. The molecule has 0 fully saturated rings. The minimum atomic E-state index is -4.02. The van der Waals surface area contributed by atoms with Gasteiger partial charge in [-0.2, -0.15) is 13.7 Å². The second kappa shape index (κ2) is 18.4. The zero-order chi connectivity index (χ0) is 32.6. The number of nitrogens with zero attached hydrogens (tertiary/aromatic N) is 2. The number of rotatable bonds is 12. The maximum atomic E-state index is 13.2. The zero-order valence-corrected chi connectivity index (χ0v) is 25.6. The van der Waals surface area contributed by atoms with Crippen LogP contribution in [0.2, 0.25) is 0 Å². The molecule has 2 rings (SSSR count). The molecule has 0 radical (unpaired) electrons. The summed E-state index contributed by atoms with van der Waals surface area (Å²) in [5.74, 6) is -3.41. The van der Waals surface area contributed by atoms with Crippen molar-refractivity contribution in [1.82, 2.24) is 15.9 Å². The highest BCUT2D eigenvalue weighted by molar-refractivity contribution is 7.85. The molecule has 0 aliphatic carbocycles. The smallest absolute Gasteiger partial charge is 0.294 e. The van der Waals surface area contributed by atoms with E-state index in [0.29, 0.717) is 6.42 Å². The average molecular weight is 616 g/mol. The third-order valence-electron chi connectivity index (χ3n) is 6.16. The molecule has 0 heterocycles. The van der Waals surface area contributed by atoms with Gasteiger partial charge >= 0.3 is 0 Å². The maximum Gasteiger partial charge on any atom is 0.294 e. The van der Waals surface area contributed by atoms with Gasteiger partial charge < -0.3 is 5.73 Å². The molecule has 0 aliphatic heterocycles. The highest BCUT2D eigenvalue weighted by atomic mass is 32.2. The first-order valence-electron chi connectivity index (χ1n) is 13.6. The fraction of sp³-hybridized carbons (Fsp3) is 0.400. The maximum absolute atomic E-state index is 13.2. The molecule has 12 nitrogen and oxygen atoms in total. The molecule has 0 unspecified atom stereocenters. The van der Waals surface area contributed by atoms with Gasteiger partial charge in [-0.3, -0.25) is 34.6 Å². The Morgan fingerprint density at radius 2 is 1.63 bits per heavy atom. The summed E-state index contributed by atoms with van der Waals surface area (Å²) >= 11 is 0. The number of carbonyl (C=O) groups is 3. The van der Waals surface area contributed by atoms with Crippen LogP contribution in [0.4, 0.5) is 0 Å². The Morgan fingerprint density at radius 1 is 1.02 bits per heavy atom. The molecule has 0 aliphatic rings. The van der Waals surface area contributed by atoms with Crippen LogP contribution in [-0.4, -0.2) is 53.5 Å². The highest BCUT2D eigenvalue weighted by Gasteiger charge is 2.35. The second-order valence-electron chi connectivity index (χ2n) is 10.3. The van der Waals surface area contributed by atoms with Gasteiger partial charge in [0.05, 0.1) is 41.8 Å². The number of carbonyl (C=O) groups excluding carboxylic acids is 3. The molecule has 43 heavy (non-hydrogen) atoms. The first kappa shape index (κ1) is 36.9. The Bertz CT molecular complexity index is 1360. The minimum absolute atomic E-state index is 0.00789. The SMILES string of the molecule is CC(C)C[C@@H](C(=O)NN(CCC#N)C(=O)[C@@H](C)N)[C@H](C/C=C/c1ccccc1)C(=O)NO.Cc1ccc(S(=O)(=O)O)cc1. The fourth-order valence-electron chi connectivity index (χ4n) is 3.97. The minimum Gasteiger partial charge on any atom is -0.320 e. The molecule has 3 amide bonds. The number of nitriles is 1. The lowest BCUT2D eigenvalue weighted by atomic mass is 9.82. The van der Waals surface area contributed by atoms with Gasteiger partial charge in [0.2, 0.25) is 11.8 Å². The largest absolute Gasteiger partial charge is 0.320 e. The summed E-state index contributed by atoms with van der Waals surface area (Å²) in [6, 6.07) is 16.5. The predicted octanol–water partition coefficient (Wildman–Crippen LogP) is 3.24. The molecule has 6 N–H and O–H groups in total. The van der Waals surface area contributed by atoms with E-state index in [-0.39, 0.29) is 30.2 Å². The molecule has 13 heteroatoms. The third-order valence-corrected chi connectivity index (χ3v) is 7.03. The van der Waals surface area contributed by atoms with Crippen molar-refractivity contribution in [1.29, 1.82) is 5.26 Å². The second-order valence-corrected chi connectivity index (χ2v) is 11.7. The number of nitrogens with one attached hydrogen (secondary N) is 2. The highest BCUT2D eigenvalue weighted by Crippen LogP contribution is 2.25. The van der Waals surface area contributed by atoms with Crippen molar-refractivity contribution in [2.45, 2.75) is 57.9 Å². The number of nitrogens with two attached hydrogens (primary N) is 1. The van der Waals surface area contributed by atoms with Gasteiger partial charge in [0.25, 0.3) is 16.0 Å². The number of hydrogen-bond acceptors (Lipinski definition) is 8. The van der Waals surface area contributed by atoms with Gasteiger partial charge in [0, 0.05) is 0 Å². The molecular weight excluding hydrogens is 574 g/mol. The number of hydrazine groups is 1. The summed E-state index contributed by atoms with van der Waals surface area (Å²) < 4.78 is 29.6. The monoisotopic (exact) mass is 615 g/mol. The third kappa shape index (κ3) is 13.6. The van der Waals surface area contributed by atoms with Gasteiger partial charge in [-0.25, -0.2) is 5.48 Å². The number of benzene rings is 2. The lowest BCUT2D eigenvalue weighted by molar-refractivity contribution is -0.147. The summed E-state index contributed by atoms with van der Waals surface area (Å²) in [7, 11) is -4.02. The van der Waals surface area contributed by atoms with Gasteiger partial charge in [0.15, 0.2) is 0 Å². The molecule has 234 valence electrons. The number of amides is 3. The van der Waals surface area contributed by atoms with Crippen LogP contribution in [0.3, 0.4) is 0 Å². The average Bonchev–Trinajstić information content (AvgIpc) is 2.96. The first-order chi connectivity index (χ1) is 20.2. The summed E-state index contributed by atoms with van der Waals surface area (Å²) in [4.78, 5) is 37.9. The lowest BCUT2D eigenvalue weighted by Gasteiger charge is -2.30. The summed E-state index contributed by atoms with van der Waals surface area (Å²) in [6.07, 6.45) is 4.16.